The zero-order valence-electron chi connectivity index (χ0n) is 13.9. The van der Waals surface area contributed by atoms with Crippen molar-refractivity contribution in [2.75, 3.05) is 0 Å². The Morgan fingerprint density at radius 1 is 1.10 bits per heavy atom. The molecule has 2 rings (SSSR count). The maximum Gasteiger partial charge on any atom is 0.0593 e. The molecule has 0 N–H and O–H groups in total. The molecule has 0 amide bonds. The second-order valence-corrected chi connectivity index (χ2v) is 8.35. The van der Waals surface area contributed by atoms with Crippen LogP contribution in [0.5, 0.6) is 0 Å². The Kier molecular flexibility index (Phi) is 4.54. The maximum atomic E-state index is 6.79. The lowest BCUT2D eigenvalue weighted by molar-refractivity contribution is 0.313. The van der Waals surface area contributed by atoms with Gasteiger partial charge in [0.15, 0.2) is 0 Å². The van der Waals surface area contributed by atoms with Gasteiger partial charge in [0.2, 0.25) is 0 Å². The molecule has 0 aliphatic heterocycles. The fourth-order valence-electron chi connectivity index (χ4n) is 3.32. The minimum atomic E-state index is 0.165. The van der Waals surface area contributed by atoms with Crippen molar-refractivity contribution in [1.29, 1.82) is 0 Å². The third-order valence-corrected chi connectivity index (χ3v) is 5.14. The van der Waals surface area contributed by atoms with Crippen LogP contribution in [0, 0.1) is 5.41 Å². The molecule has 1 aliphatic carbocycles. The molecule has 112 valence electrons. The van der Waals surface area contributed by atoms with Crippen molar-refractivity contribution in [2.45, 2.75) is 78.0 Å². The number of hydrogen-bond donors (Lipinski definition) is 0. The van der Waals surface area contributed by atoms with Crippen LogP contribution in [0.2, 0.25) is 0 Å². The first kappa shape index (κ1) is 15.9. The molecule has 0 heterocycles. The highest BCUT2D eigenvalue weighted by atomic mass is 35.5. The molecular weight excluding hydrogens is 264 g/mol. The van der Waals surface area contributed by atoms with Crippen LogP contribution in [-0.4, -0.2) is 0 Å². The fraction of sp³-hybridized carbons (Fsp3) is 0.684. The lowest BCUT2D eigenvalue weighted by Gasteiger charge is -2.24. The summed E-state index contributed by atoms with van der Waals surface area (Å²) in [6.45, 7) is 13.9. The highest BCUT2D eigenvalue weighted by Crippen LogP contribution is 2.45. The predicted molar refractivity (Wildman–Crippen MR) is 89.9 cm³/mol. The SMILES string of the molecule is CC(C)c1cc(C(C)C)c2c(c1)C(Cl)CC(C)(C)CC2. The van der Waals surface area contributed by atoms with Crippen molar-refractivity contribution in [3.63, 3.8) is 0 Å². The van der Waals surface area contributed by atoms with Gasteiger partial charge in [-0.3, -0.25) is 0 Å². The summed E-state index contributed by atoms with van der Waals surface area (Å²) in [4.78, 5) is 0. The summed E-state index contributed by atoms with van der Waals surface area (Å²) >= 11 is 6.79. The van der Waals surface area contributed by atoms with Crippen molar-refractivity contribution in [2.24, 2.45) is 5.41 Å². The summed E-state index contributed by atoms with van der Waals surface area (Å²) in [6, 6.07) is 4.81. The average molecular weight is 293 g/mol. The standard InChI is InChI=1S/C19H29Cl/c1-12(2)14-9-16(13(3)4)15-7-8-19(5,6)11-18(20)17(15)10-14/h9-10,12-13,18H,7-8,11H2,1-6H3. The number of rotatable bonds is 2. The Morgan fingerprint density at radius 3 is 2.30 bits per heavy atom. The summed E-state index contributed by atoms with van der Waals surface area (Å²) in [7, 11) is 0. The molecule has 0 saturated carbocycles. The molecule has 0 aromatic heterocycles. The van der Waals surface area contributed by atoms with Crippen LogP contribution in [-0.2, 0) is 6.42 Å². The predicted octanol–water partition coefficient (Wildman–Crippen LogP) is 6.58. The first-order valence-electron chi connectivity index (χ1n) is 8.02. The molecule has 1 aromatic carbocycles. The first-order valence-corrected chi connectivity index (χ1v) is 8.45. The summed E-state index contributed by atoms with van der Waals surface area (Å²) in [6.07, 6.45) is 3.50. The molecule has 20 heavy (non-hydrogen) atoms. The molecule has 1 aromatic rings. The minimum absolute atomic E-state index is 0.165. The van der Waals surface area contributed by atoms with Gasteiger partial charge in [-0.05, 0) is 58.8 Å². The normalized spacial score (nSPS) is 21.9. The number of fused-ring (bicyclic) bond motifs is 1. The fourth-order valence-corrected chi connectivity index (χ4v) is 3.93. The van der Waals surface area contributed by atoms with Crippen molar-refractivity contribution in [3.05, 3.63) is 34.4 Å². The van der Waals surface area contributed by atoms with Gasteiger partial charge in [-0.1, -0.05) is 53.7 Å². The van der Waals surface area contributed by atoms with E-state index in [0.717, 1.165) is 6.42 Å². The van der Waals surface area contributed by atoms with E-state index in [0.29, 0.717) is 17.3 Å². The zero-order valence-corrected chi connectivity index (χ0v) is 14.6. The largest absolute Gasteiger partial charge is 0.118 e. The van der Waals surface area contributed by atoms with Crippen LogP contribution in [0.25, 0.3) is 0 Å². The van der Waals surface area contributed by atoms with Crippen molar-refractivity contribution < 1.29 is 0 Å². The van der Waals surface area contributed by atoms with E-state index < -0.39 is 0 Å². The molecule has 1 unspecified atom stereocenters. The molecule has 0 spiro atoms. The molecule has 0 radical (unpaired) electrons. The third-order valence-electron chi connectivity index (χ3n) is 4.75. The Labute approximate surface area is 129 Å². The summed E-state index contributed by atoms with van der Waals surface area (Å²) in [5.74, 6) is 1.14. The Hall–Kier alpha value is -0.490. The number of benzene rings is 1. The maximum absolute atomic E-state index is 6.79. The molecule has 0 saturated heterocycles. The van der Waals surface area contributed by atoms with Crippen LogP contribution < -0.4 is 0 Å². The van der Waals surface area contributed by atoms with E-state index in [2.05, 4.69) is 53.7 Å². The molecule has 1 atom stereocenters. The van der Waals surface area contributed by atoms with Gasteiger partial charge in [0, 0.05) is 0 Å². The number of hydrogen-bond acceptors (Lipinski definition) is 0. The molecule has 0 bridgehead atoms. The molecule has 0 fully saturated rings. The Bertz CT molecular complexity index is 483. The van der Waals surface area contributed by atoms with E-state index >= 15 is 0 Å². The molecule has 1 heteroatoms. The lowest BCUT2D eigenvalue weighted by Crippen LogP contribution is -2.11. The zero-order chi connectivity index (χ0) is 15.1. The Balaban J connectivity index is 2.58. The lowest BCUT2D eigenvalue weighted by atomic mass is 9.84. The van der Waals surface area contributed by atoms with Crippen LogP contribution in [0.3, 0.4) is 0 Å². The summed E-state index contributed by atoms with van der Waals surface area (Å²) in [5.41, 5.74) is 6.26. The summed E-state index contributed by atoms with van der Waals surface area (Å²) < 4.78 is 0. The van der Waals surface area contributed by atoms with Gasteiger partial charge in [-0.2, -0.15) is 0 Å². The van der Waals surface area contributed by atoms with Crippen LogP contribution in [0.1, 0.15) is 93.9 Å². The highest BCUT2D eigenvalue weighted by Gasteiger charge is 2.30. The van der Waals surface area contributed by atoms with E-state index in [1.165, 1.54) is 35.1 Å². The molecule has 1 aliphatic rings. The molecule has 0 nitrogen and oxygen atoms in total. The number of halogens is 1. The van der Waals surface area contributed by atoms with Crippen molar-refractivity contribution in [3.8, 4) is 0 Å². The van der Waals surface area contributed by atoms with Gasteiger partial charge >= 0.3 is 0 Å². The van der Waals surface area contributed by atoms with Gasteiger partial charge in [0.1, 0.15) is 0 Å². The van der Waals surface area contributed by atoms with Crippen LogP contribution in [0.4, 0.5) is 0 Å². The van der Waals surface area contributed by atoms with Gasteiger partial charge < -0.3 is 0 Å². The van der Waals surface area contributed by atoms with E-state index in [-0.39, 0.29) is 5.38 Å². The van der Waals surface area contributed by atoms with Gasteiger partial charge in [0.05, 0.1) is 5.38 Å². The van der Waals surface area contributed by atoms with Gasteiger partial charge in [0.25, 0.3) is 0 Å². The first-order chi connectivity index (χ1) is 9.21. The van der Waals surface area contributed by atoms with E-state index in [1.54, 1.807) is 0 Å². The second-order valence-electron chi connectivity index (χ2n) is 7.82. The number of alkyl halides is 1. The topological polar surface area (TPSA) is 0 Å². The molecular formula is C19H29Cl. The van der Waals surface area contributed by atoms with Gasteiger partial charge in [-0.25, -0.2) is 0 Å². The van der Waals surface area contributed by atoms with E-state index in [4.69, 9.17) is 11.6 Å². The van der Waals surface area contributed by atoms with Crippen molar-refractivity contribution >= 4 is 11.6 Å². The van der Waals surface area contributed by atoms with Crippen LogP contribution >= 0.6 is 11.6 Å². The van der Waals surface area contributed by atoms with E-state index in [1.807, 2.05) is 0 Å². The smallest absolute Gasteiger partial charge is 0.0593 e. The van der Waals surface area contributed by atoms with Crippen LogP contribution in [0.15, 0.2) is 12.1 Å². The third kappa shape index (κ3) is 3.22. The summed E-state index contributed by atoms with van der Waals surface area (Å²) in [5, 5.41) is 0.165. The monoisotopic (exact) mass is 292 g/mol. The average Bonchev–Trinajstić information content (AvgIpc) is 2.44. The quantitative estimate of drug-likeness (QED) is 0.427. The minimum Gasteiger partial charge on any atom is -0.118 e. The second kappa shape index (κ2) is 5.72. The highest BCUT2D eigenvalue weighted by molar-refractivity contribution is 6.21. The van der Waals surface area contributed by atoms with Crippen molar-refractivity contribution in [1.82, 2.24) is 0 Å². The van der Waals surface area contributed by atoms with E-state index in [9.17, 15) is 0 Å². The van der Waals surface area contributed by atoms with Gasteiger partial charge in [-0.15, -0.1) is 11.6 Å². The Morgan fingerprint density at radius 2 is 1.75 bits per heavy atom.